The van der Waals surface area contributed by atoms with E-state index in [0.29, 0.717) is 26.1 Å². The molecule has 1 rings (SSSR count). The maximum Gasteiger partial charge on any atom is 0.312 e. The topological polar surface area (TPSA) is 64.6 Å². The first-order valence-corrected chi connectivity index (χ1v) is 10.7. The molecule has 1 saturated heterocycles. The lowest BCUT2D eigenvalue weighted by Gasteiger charge is -2.36. The molecule has 0 atom stereocenters. The minimum atomic E-state index is -0.543. The third-order valence-electron chi connectivity index (χ3n) is 5.62. The molecular weight excluding hydrogens is 342 g/mol. The Balaban J connectivity index is 0.00000326. The molecule has 1 fully saturated rings. The number of piperidine rings is 1. The zero-order chi connectivity index (χ0) is 20.9. The predicted octanol–water partition coefficient (Wildman–Crippen LogP) is 4.73. The Bertz CT molecular complexity index is 421. The van der Waals surface area contributed by atoms with Crippen LogP contribution in [0.1, 0.15) is 87.0 Å². The minimum absolute atomic E-state index is 0.143. The number of ether oxygens (including phenoxy) is 2. The Morgan fingerprint density at radius 2 is 1.48 bits per heavy atom. The number of rotatable bonds is 9. The first-order valence-electron chi connectivity index (χ1n) is 10.7. The smallest absolute Gasteiger partial charge is 0.312 e. The van der Waals surface area contributed by atoms with Crippen LogP contribution in [-0.2, 0) is 19.1 Å². The van der Waals surface area contributed by atoms with E-state index in [-0.39, 0.29) is 17.4 Å². The highest BCUT2D eigenvalue weighted by molar-refractivity contribution is 5.76. The standard InChI is InChI=1S/C20H37NO4.C2H6/c1-19(2,3)20(4,5)18(23)25-15-7-14-24-17(22)9-6-8-16-10-12-21-13-11-16;1-2/h16,21H,6-15H2,1-5H3;1-2H3. The molecule has 0 saturated carbocycles. The number of hydrogen-bond donors (Lipinski definition) is 1. The maximum absolute atomic E-state index is 12.2. The Hall–Kier alpha value is -1.10. The average molecular weight is 386 g/mol. The monoisotopic (exact) mass is 385 g/mol. The third kappa shape index (κ3) is 10.1. The molecule has 0 aromatic rings. The van der Waals surface area contributed by atoms with Crippen molar-refractivity contribution >= 4 is 11.9 Å². The molecule has 0 aromatic carbocycles. The van der Waals surface area contributed by atoms with Gasteiger partial charge in [-0.05, 0) is 64.0 Å². The molecule has 0 spiro atoms. The Morgan fingerprint density at radius 3 is 2.04 bits per heavy atom. The molecule has 0 radical (unpaired) electrons. The number of nitrogens with one attached hydrogen (secondary N) is 1. The normalized spacial score (nSPS) is 15.5. The van der Waals surface area contributed by atoms with Gasteiger partial charge in [-0.25, -0.2) is 0 Å². The molecular formula is C22H43NO4. The Morgan fingerprint density at radius 1 is 0.926 bits per heavy atom. The second kappa shape index (κ2) is 13.1. The Kier molecular flexibility index (Phi) is 12.6. The van der Waals surface area contributed by atoms with Crippen LogP contribution < -0.4 is 5.32 Å². The molecule has 1 aliphatic rings. The number of esters is 2. The summed E-state index contributed by atoms with van der Waals surface area (Å²) in [5.41, 5.74) is -0.705. The van der Waals surface area contributed by atoms with Gasteiger partial charge in [0.05, 0.1) is 18.6 Å². The van der Waals surface area contributed by atoms with Crippen molar-refractivity contribution in [2.24, 2.45) is 16.7 Å². The van der Waals surface area contributed by atoms with E-state index >= 15 is 0 Å². The molecule has 5 heteroatoms. The summed E-state index contributed by atoms with van der Waals surface area (Å²) in [6.07, 6.45) is 5.47. The van der Waals surface area contributed by atoms with Gasteiger partial charge in [-0.1, -0.05) is 34.6 Å². The average Bonchev–Trinajstić information content (AvgIpc) is 2.63. The van der Waals surface area contributed by atoms with Crippen molar-refractivity contribution < 1.29 is 19.1 Å². The van der Waals surface area contributed by atoms with Crippen molar-refractivity contribution in [2.75, 3.05) is 26.3 Å². The summed E-state index contributed by atoms with van der Waals surface area (Å²) in [6, 6.07) is 0. The molecule has 0 unspecified atom stereocenters. The van der Waals surface area contributed by atoms with E-state index in [9.17, 15) is 9.59 Å². The first kappa shape index (κ1) is 25.9. The Labute approximate surface area is 167 Å². The quantitative estimate of drug-likeness (QED) is 0.459. The highest BCUT2D eigenvalue weighted by Crippen LogP contribution is 2.38. The van der Waals surface area contributed by atoms with Crippen molar-refractivity contribution in [3.8, 4) is 0 Å². The number of hydrogen-bond acceptors (Lipinski definition) is 5. The fourth-order valence-corrected chi connectivity index (χ4v) is 2.67. The van der Waals surface area contributed by atoms with Crippen molar-refractivity contribution in [3.05, 3.63) is 0 Å². The summed E-state index contributed by atoms with van der Waals surface area (Å²) >= 11 is 0. The van der Waals surface area contributed by atoms with Gasteiger partial charge in [0.15, 0.2) is 0 Å². The van der Waals surface area contributed by atoms with Gasteiger partial charge in [0.25, 0.3) is 0 Å². The molecule has 1 heterocycles. The predicted molar refractivity (Wildman–Crippen MR) is 111 cm³/mol. The summed E-state index contributed by atoms with van der Waals surface area (Å²) in [4.78, 5) is 23.9. The van der Waals surface area contributed by atoms with Gasteiger partial charge in [0.2, 0.25) is 0 Å². The SMILES string of the molecule is CC.CC(C)(C)C(C)(C)C(=O)OCCCOC(=O)CCCC1CCNCC1. The van der Waals surface area contributed by atoms with E-state index in [4.69, 9.17) is 9.47 Å². The first-order chi connectivity index (χ1) is 12.6. The second-order valence-corrected chi connectivity index (χ2v) is 8.67. The van der Waals surface area contributed by atoms with E-state index in [1.165, 1.54) is 12.8 Å². The third-order valence-corrected chi connectivity index (χ3v) is 5.62. The lowest BCUT2D eigenvalue weighted by Crippen LogP contribution is -2.39. The van der Waals surface area contributed by atoms with Gasteiger partial charge >= 0.3 is 11.9 Å². The van der Waals surface area contributed by atoms with E-state index in [2.05, 4.69) is 5.32 Å². The van der Waals surface area contributed by atoms with Crippen LogP contribution >= 0.6 is 0 Å². The number of carbonyl (C=O) groups is 2. The van der Waals surface area contributed by atoms with Gasteiger partial charge < -0.3 is 14.8 Å². The zero-order valence-electron chi connectivity index (χ0n) is 18.8. The molecule has 160 valence electrons. The summed E-state index contributed by atoms with van der Waals surface area (Å²) < 4.78 is 10.6. The summed E-state index contributed by atoms with van der Waals surface area (Å²) in [5.74, 6) is 0.406. The fourth-order valence-electron chi connectivity index (χ4n) is 2.67. The van der Waals surface area contributed by atoms with Gasteiger partial charge in [0.1, 0.15) is 0 Å². The lowest BCUT2D eigenvalue weighted by atomic mass is 9.69. The highest BCUT2D eigenvalue weighted by Gasteiger charge is 2.41. The minimum Gasteiger partial charge on any atom is -0.466 e. The van der Waals surface area contributed by atoms with Crippen molar-refractivity contribution in [2.45, 2.75) is 87.0 Å². The van der Waals surface area contributed by atoms with Gasteiger partial charge in [-0.15, -0.1) is 0 Å². The van der Waals surface area contributed by atoms with Gasteiger partial charge in [-0.2, -0.15) is 0 Å². The molecule has 0 bridgehead atoms. The fraction of sp³-hybridized carbons (Fsp3) is 0.909. The molecule has 5 nitrogen and oxygen atoms in total. The van der Waals surface area contributed by atoms with Crippen molar-refractivity contribution in [1.82, 2.24) is 5.32 Å². The molecule has 0 amide bonds. The van der Waals surface area contributed by atoms with Crippen LogP contribution in [0, 0.1) is 16.7 Å². The molecule has 27 heavy (non-hydrogen) atoms. The van der Waals surface area contributed by atoms with Crippen LogP contribution in [0.3, 0.4) is 0 Å². The van der Waals surface area contributed by atoms with Crippen molar-refractivity contribution in [3.63, 3.8) is 0 Å². The van der Waals surface area contributed by atoms with E-state index in [1.54, 1.807) is 0 Å². The second-order valence-electron chi connectivity index (χ2n) is 8.67. The van der Waals surface area contributed by atoms with Crippen LogP contribution in [0.25, 0.3) is 0 Å². The summed E-state index contributed by atoms with van der Waals surface area (Å²) in [7, 11) is 0. The lowest BCUT2D eigenvalue weighted by molar-refractivity contribution is -0.160. The van der Waals surface area contributed by atoms with Crippen LogP contribution in [-0.4, -0.2) is 38.2 Å². The van der Waals surface area contributed by atoms with Gasteiger partial charge in [0, 0.05) is 12.8 Å². The largest absolute Gasteiger partial charge is 0.466 e. The van der Waals surface area contributed by atoms with Crippen LogP contribution in [0.5, 0.6) is 0 Å². The van der Waals surface area contributed by atoms with E-state index in [1.807, 2.05) is 48.5 Å². The van der Waals surface area contributed by atoms with Crippen molar-refractivity contribution in [1.29, 1.82) is 0 Å². The molecule has 1 aliphatic heterocycles. The van der Waals surface area contributed by atoms with Gasteiger partial charge in [-0.3, -0.25) is 9.59 Å². The van der Waals surface area contributed by atoms with Crippen LogP contribution in [0.2, 0.25) is 0 Å². The molecule has 0 aromatic heterocycles. The maximum atomic E-state index is 12.2. The van der Waals surface area contributed by atoms with E-state index in [0.717, 1.165) is 31.8 Å². The highest BCUT2D eigenvalue weighted by atomic mass is 16.5. The van der Waals surface area contributed by atoms with Crippen LogP contribution in [0.15, 0.2) is 0 Å². The molecule has 0 aliphatic carbocycles. The summed E-state index contributed by atoms with van der Waals surface area (Å²) in [5, 5.41) is 3.35. The number of carbonyl (C=O) groups excluding carboxylic acids is 2. The zero-order valence-corrected chi connectivity index (χ0v) is 18.8. The molecule has 1 N–H and O–H groups in total. The van der Waals surface area contributed by atoms with Crippen LogP contribution in [0.4, 0.5) is 0 Å². The van der Waals surface area contributed by atoms with E-state index < -0.39 is 5.41 Å². The summed E-state index contributed by atoms with van der Waals surface area (Å²) in [6.45, 7) is 16.7.